The van der Waals surface area contributed by atoms with Crippen molar-refractivity contribution in [2.45, 2.75) is 25.4 Å². The van der Waals surface area contributed by atoms with Crippen LogP contribution in [0.5, 0.6) is 5.75 Å². The molecule has 1 fully saturated rings. The summed E-state index contributed by atoms with van der Waals surface area (Å²) in [6.07, 6.45) is 2.38. The largest absolute Gasteiger partial charge is 0.497 e. The zero-order valence-electron chi connectivity index (χ0n) is 13.4. The standard InChI is InChI=1S/C19H22N2O2/c1-23-17-10-8-15(9-11-17)18-3-2-12-21(18)13-14-4-6-16(7-5-14)19(20)22/h4-11,18H,2-3,12-13H2,1H3,(H2,20,22)/t18-/m1/s1. The molecule has 3 rings (SSSR count). The number of amides is 1. The van der Waals surface area contributed by atoms with Crippen molar-refractivity contribution in [3.8, 4) is 5.75 Å². The van der Waals surface area contributed by atoms with Crippen molar-refractivity contribution < 1.29 is 9.53 Å². The van der Waals surface area contributed by atoms with E-state index >= 15 is 0 Å². The molecule has 2 aromatic rings. The van der Waals surface area contributed by atoms with Gasteiger partial charge in [-0.25, -0.2) is 0 Å². The van der Waals surface area contributed by atoms with Crippen LogP contribution in [0.25, 0.3) is 0 Å². The van der Waals surface area contributed by atoms with E-state index in [1.54, 1.807) is 19.2 Å². The van der Waals surface area contributed by atoms with Crippen LogP contribution in [-0.4, -0.2) is 24.5 Å². The van der Waals surface area contributed by atoms with Crippen LogP contribution >= 0.6 is 0 Å². The minimum atomic E-state index is -0.381. The van der Waals surface area contributed by atoms with E-state index < -0.39 is 0 Å². The van der Waals surface area contributed by atoms with Gasteiger partial charge in [-0.05, 0) is 54.8 Å². The number of nitrogens with two attached hydrogens (primary N) is 1. The van der Waals surface area contributed by atoms with E-state index in [2.05, 4.69) is 17.0 Å². The first-order chi connectivity index (χ1) is 11.2. The van der Waals surface area contributed by atoms with Crippen LogP contribution in [0.4, 0.5) is 0 Å². The molecule has 0 aromatic heterocycles. The predicted molar refractivity (Wildman–Crippen MR) is 90.3 cm³/mol. The highest BCUT2D eigenvalue weighted by Gasteiger charge is 2.25. The van der Waals surface area contributed by atoms with Crippen molar-refractivity contribution in [3.05, 3.63) is 65.2 Å². The Morgan fingerprint density at radius 2 is 1.87 bits per heavy atom. The fourth-order valence-corrected chi connectivity index (χ4v) is 3.23. The van der Waals surface area contributed by atoms with Crippen LogP contribution in [0.3, 0.4) is 0 Å². The number of benzene rings is 2. The zero-order chi connectivity index (χ0) is 16.2. The molecule has 1 saturated heterocycles. The summed E-state index contributed by atoms with van der Waals surface area (Å²) in [5.74, 6) is 0.508. The predicted octanol–water partition coefficient (Wildman–Crippen LogP) is 3.13. The third kappa shape index (κ3) is 3.54. The van der Waals surface area contributed by atoms with E-state index in [9.17, 15) is 4.79 Å². The molecular formula is C19H22N2O2. The van der Waals surface area contributed by atoms with Gasteiger partial charge in [0.05, 0.1) is 7.11 Å². The molecular weight excluding hydrogens is 288 g/mol. The quantitative estimate of drug-likeness (QED) is 0.923. The summed E-state index contributed by atoms with van der Waals surface area (Å²) in [6.45, 7) is 1.98. The normalized spacial score (nSPS) is 18.0. The van der Waals surface area contributed by atoms with Gasteiger partial charge in [0, 0.05) is 18.2 Å². The second-order valence-electron chi connectivity index (χ2n) is 5.96. The van der Waals surface area contributed by atoms with Crippen molar-refractivity contribution >= 4 is 5.91 Å². The van der Waals surface area contributed by atoms with Crippen molar-refractivity contribution in [2.24, 2.45) is 5.73 Å². The average Bonchev–Trinajstić information content (AvgIpc) is 3.03. The van der Waals surface area contributed by atoms with Crippen LogP contribution < -0.4 is 10.5 Å². The molecule has 0 spiro atoms. The molecule has 0 aliphatic carbocycles. The molecule has 1 atom stereocenters. The third-order valence-electron chi connectivity index (χ3n) is 4.49. The maximum Gasteiger partial charge on any atom is 0.248 e. The smallest absolute Gasteiger partial charge is 0.248 e. The number of rotatable bonds is 5. The molecule has 0 saturated carbocycles. The molecule has 2 aromatic carbocycles. The van der Waals surface area contributed by atoms with E-state index in [4.69, 9.17) is 10.5 Å². The number of likely N-dealkylation sites (tertiary alicyclic amines) is 1. The molecule has 0 unspecified atom stereocenters. The Kier molecular flexibility index (Phi) is 4.63. The van der Waals surface area contributed by atoms with Gasteiger partial charge in [0.25, 0.3) is 0 Å². The number of ether oxygens (including phenoxy) is 1. The fourth-order valence-electron chi connectivity index (χ4n) is 3.23. The van der Waals surface area contributed by atoms with Crippen LogP contribution in [0.15, 0.2) is 48.5 Å². The molecule has 4 nitrogen and oxygen atoms in total. The first-order valence-corrected chi connectivity index (χ1v) is 7.94. The summed E-state index contributed by atoms with van der Waals surface area (Å²) >= 11 is 0. The van der Waals surface area contributed by atoms with Gasteiger partial charge < -0.3 is 10.5 Å². The Morgan fingerprint density at radius 3 is 2.48 bits per heavy atom. The summed E-state index contributed by atoms with van der Waals surface area (Å²) in [6, 6.07) is 16.4. The Bertz CT molecular complexity index is 665. The van der Waals surface area contributed by atoms with E-state index in [-0.39, 0.29) is 5.91 Å². The number of carbonyl (C=O) groups is 1. The topological polar surface area (TPSA) is 55.6 Å². The second kappa shape index (κ2) is 6.84. The summed E-state index contributed by atoms with van der Waals surface area (Å²) in [7, 11) is 1.69. The van der Waals surface area contributed by atoms with Crippen molar-refractivity contribution in [3.63, 3.8) is 0 Å². The van der Waals surface area contributed by atoms with Crippen LogP contribution in [0, 0.1) is 0 Å². The molecule has 1 heterocycles. The average molecular weight is 310 g/mol. The Hall–Kier alpha value is -2.33. The minimum Gasteiger partial charge on any atom is -0.497 e. The Balaban J connectivity index is 1.72. The van der Waals surface area contributed by atoms with Gasteiger partial charge in [-0.2, -0.15) is 0 Å². The molecule has 1 amide bonds. The van der Waals surface area contributed by atoms with Gasteiger partial charge in [0.2, 0.25) is 5.91 Å². The maximum atomic E-state index is 11.1. The molecule has 1 aliphatic rings. The zero-order valence-corrected chi connectivity index (χ0v) is 13.4. The lowest BCUT2D eigenvalue weighted by Crippen LogP contribution is -2.22. The molecule has 0 bridgehead atoms. The molecule has 4 heteroatoms. The molecule has 1 aliphatic heterocycles. The number of carbonyl (C=O) groups excluding carboxylic acids is 1. The van der Waals surface area contributed by atoms with Crippen molar-refractivity contribution in [1.29, 1.82) is 0 Å². The van der Waals surface area contributed by atoms with E-state index in [0.717, 1.165) is 18.8 Å². The van der Waals surface area contributed by atoms with Crippen molar-refractivity contribution in [2.75, 3.05) is 13.7 Å². The van der Waals surface area contributed by atoms with Crippen LogP contribution in [0.1, 0.15) is 40.4 Å². The van der Waals surface area contributed by atoms with Crippen LogP contribution in [-0.2, 0) is 6.54 Å². The number of hydrogen-bond acceptors (Lipinski definition) is 3. The van der Waals surface area contributed by atoms with Crippen molar-refractivity contribution in [1.82, 2.24) is 4.90 Å². The lowest BCUT2D eigenvalue weighted by molar-refractivity contribution is 0.100. The minimum absolute atomic E-state index is 0.381. The molecule has 0 radical (unpaired) electrons. The lowest BCUT2D eigenvalue weighted by atomic mass is 10.0. The van der Waals surface area contributed by atoms with E-state index in [1.807, 2.05) is 24.3 Å². The first kappa shape index (κ1) is 15.6. The number of methoxy groups -OCH3 is 1. The lowest BCUT2D eigenvalue weighted by Gasteiger charge is -2.25. The first-order valence-electron chi connectivity index (χ1n) is 7.94. The monoisotopic (exact) mass is 310 g/mol. The Morgan fingerprint density at radius 1 is 1.17 bits per heavy atom. The SMILES string of the molecule is COc1ccc([C@H]2CCCN2Cc2ccc(C(N)=O)cc2)cc1. The van der Waals surface area contributed by atoms with Gasteiger partial charge in [-0.3, -0.25) is 9.69 Å². The summed E-state index contributed by atoms with van der Waals surface area (Å²) in [5.41, 5.74) is 8.38. The highest BCUT2D eigenvalue weighted by molar-refractivity contribution is 5.92. The molecule has 2 N–H and O–H groups in total. The van der Waals surface area contributed by atoms with Gasteiger partial charge in [-0.15, -0.1) is 0 Å². The van der Waals surface area contributed by atoms with Gasteiger partial charge >= 0.3 is 0 Å². The molecule has 120 valence electrons. The summed E-state index contributed by atoms with van der Waals surface area (Å²) in [5, 5.41) is 0. The summed E-state index contributed by atoms with van der Waals surface area (Å²) < 4.78 is 5.23. The van der Waals surface area contributed by atoms with E-state index in [0.29, 0.717) is 11.6 Å². The molecule has 23 heavy (non-hydrogen) atoms. The number of nitrogens with zero attached hydrogens (tertiary/aromatic N) is 1. The van der Waals surface area contributed by atoms with Gasteiger partial charge in [0.1, 0.15) is 5.75 Å². The van der Waals surface area contributed by atoms with E-state index in [1.165, 1.54) is 24.0 Å². The maximum absolute atomic E-state index is 11.1. The highest BCUT2D eigenvalue weighted by Crippen LogP contribution is 2.33. The Labute approximate surface area is 136 Å². The summed E-state index contributed by atoms with van der Waals surface area (Å²) in [4.78, 5) is 13.6. The fraction of sp³-hybridized carbons (Fsp3) is 0.316. The number of hydrogen-bond donors (Lipinski definition) is 1. The van der Waals surface area contributed by atoms with Crippen LogP contribution in [0.2, 0.25) is 0 Å². The third-order valence-corrected chi connectivity index (χ3v) is 4.49. The van der Waals surface area contributed by atoms with Gasteiger partial charge in [0.15, 0.2) is 0 Å². The number of primary amides is 1. The second-order valence-corrected chi connectivity index (χ2v) is 5.96. The highest BCUT2D eigenvalue weighted by atomic mass is 16.5. The van der Waals surface area contributed by atoms with Gasteiger partial charge in [-0.1, -0.05) is 24.3 Å².